The van der Waals surface area contributed by atoms with Crippen molar-refractivity contribution in [2.45, 2.75) is 12.6 Å². The second kappa shape index (κ2) is 7.59. The quantitative estimate of drug-likeness (QED) is 0.659. The second-order valence-corrected chi connectivity index (χ2v) is 6.95. The molecule has 0 N–H and O–H groups in total. The molecule has 1 atom stereocenters. The molecule has 1 fully saturated rings. The molecule has 0 bridgehead atoms. The third-order valence-corrected chi connectivity index (χ3v) is 5.04. The van der Waals surface area contributed by atoms with Crippen LogP contribution in [0.25, 0.3) is 11.6 Å². The van der Waals surface area contributed by atoms with Gasteiger partial charge >= 0.3 is 0 Å². The maximum absolute atomic E-state index is 12.8. The zero-order valence-corrected chi connectivity index (χ0v) is 15.7. The molecule has 2 aliphatic rings. The van der Waals surface area contributed by atoms with E-state index in [0.29, 0.717) is 61.7 Å². The number of piperazine rings is 1. The highest BCUT2D eigenvalue weighted by molar-refractivity contribution is 5.82. The number of ether oxygens (including phenoxy) is 2. The van der Waals surface area contributed by atoms with Gasteiger partial charge in [0, 0.05) is 26.2 Å². The number of hydrogen-bond acceptors (Lipinski definition) is 8. The van der Waals surface area contributed by atoms with Crippen LogP contribution < -0.4 is 9.47 Å². The van der Waals surface area contributed by atoms with Crippen LogP contribution in [0.15, 0.2) is 51.6 Å². The van der Waals surface area contributed by atoms with Gasteiger partial charge in [0.05, 0.1) is 12.8 Å². The Morgan fingerprint density at radius 1 is 1.07 bits per heavy atom. The lowest BCUT2D eigenvalue weighted by molar-refractivity contribution is -0.143. The van der Waals surface area contributed by atoms with E-state index >= 15 is 0 Å². The highest BCUT2D eigenvalue weighted by Crippen LogP contribution is 2.31. The number of benzene rings is 1. The molecular formula is C20H20N4O5. The molecule has 1 aromatic carbocycles. The van der Waals surface area contributed by atoms with Crippen LogP contribution in [0.4, 0.5) is 0 Å². The van der Waals surface area contributed by atoms with E-state index in [1.54, 1.807) is 18.4 Å². The monoisotopic (exact) mass is 396 g/mol. The Morgan fingerprint density at radius 2 is 1.90 bits per heavy atom. The van der Waals surface area contributed by atoms with Gasteiger partial charge in [-0.15, -0.1) is 0 Å². The summed E-state index contributed by atoms with van der Waals surface area (Å²) >= 11 is 0. The van der Waals surface area contributed by atoms with Gasteiger partial charge in [-0.3, -0.25) is 9.69 Å². The Labute approximate surface area is 166 Å². The molecule has 0 aliphatic carbocycles. The summed E-state index contributed by atoms with van der Waals surface area (Å²) in [7, 11) is 0. The SMILES string of the molecule is O=C([C@H]1COc2ccccc2O1)N1CCN(Cc2nc(-c3ccco3)no2)CC1. The molecule has 0 saturated carbocycles. The van der Waals surface area contributed by atoms with E-state index in [1.807, 2.05) is 29.2 Å². The highest BCUT2D eigenvalue weighted by Gasteiger charge is 2.32. The largest absolute Gasteiger partial charge is 0.485 e. The van der Waals surface area contributed by atoms with E-state index in [-0.39, 0.29) is 12.5 Å². The Kier molecular flexibility index (Phi) is 4.65. The number of carbonyl (C=O) groups is 1. The van der Waals surface area contributed by atoms with Crippen LogP contribution in [-0.4, -0.2) is 64.7 Å². The first-order valence-corrected chi connectivity index (χ1v) is 9.52. The predicted molar refractivity (Wildman–Crippen MR) is 100 cm³/mol. The molecule has 0 unspecified atom stereocenters. The zero-order chi connectivity index (χ0) is 19.6. The molecule has 0 spiro atoms. The van der Waals surface area contributed by atoms with Gasteiger partial charge in [0.1, 0.15) is 6.61 Å². The number of fused-ring (bicyclic) bond motifs is 1. The van der Waals surface area contributed by atoms with Crippen molar-refractivity contribution in [3.8, 4) is 23.1 Å². The average Bonchev–Trinajstić information content (AvgIpc) is 3.45. The fourth-order valence-corrected chi connectivity index (χ4v) is 3.49. The Balaban J connectivity index is 1.14. The minimum absolute atomic E-state index is 0.0444. The molecule has 2 aromatic heterocycles. The number of carbonyl (C=O) groups excluding carboxylic acids is 1. The first-order valence-electron chi connectivity index (χ1n) is 9.52. The normalized spacial score (nSPS) is 19.3. The molecule has 150 valence electrons. The maximum atomic E-state index is 12.8. The molecule has 9 nitrogen and oxygen atoms in total. The Morgan fingerprint density at radius 3 is 2.69 bits per heavy atom. The fourth-order valence-electron chi connectivity index (χ4n) is 3.49. The van der Waals surface area contributed by atoms with Crippen LogP contribution in [0.1, 0.15) is 5.89 Å². The van der Waals surface area contributed by atoms with Gasteiger partial charge in [0.25, 0.3) is 5.91 Å². The average molecular weight is 396 g/mol. The summed E-state index contributed by atoms with van der Waals surface area (Å²) < 4.78 is 22.1. The predicted octanol–water partition coefficient (Wildman–Crippen LogP) is 1.81. The van der Waals surface area contributed by atoms with Crippen molar-refractivity contribution in [1.29, 1.82) is 0 Å². The van der Waals surface area contributed by atoms with Crippen molar-refractivity contribution < 1.29 is 23.2 Å². The van der Waals surface area contributed by atoms with Crippen molar-refractivity contribution in [2.75, 3.05) is 32.8 Å². The Bertz CT molecular complexity index is 978. The number of para-hydroxylation sites is 2. The topological polar surface area (TPSA) is 94.1 Å². The van der Waals surface area contributed by atoms with E-state index in [2.05, 4.69) is 15.0 Å². The summed E-state index contributed by atoms with van der Waals surface area (Å²) in [6, 6.07) is 11.0. The lowest BCUT2D eigenvalue weighted by Gasteiger charge is -2.36. The van der Waals surface area contributed by atoms with Crippen LogP contribution in [0, 0.1) is 0 Å². The molecular weight excluding hydrogens is 376 g/mol. The minimum atomic E-state index is -0.608. The standard InChI is InChI=1S/C20H20N4O5/c25-20(17-13-27-14-4-1-2-5-15(14)28-17)24-9-7-23(8-10-24)12-18-21-19(22-29-18)16-6-3-11-26-16/h1-6,11,17H,7-10,12-13H2/t17-/m1/s1. The molecule has 5 rings (SSSR count). The summed E-state index contributed by atoms with van der Waals surface area (Å²) in [6.45, 7) is 3.42. The van der Waals surface area contributed by atoms with Crippen molar-refractivity contribution in [3.63, 3.8) is 0 Å². The van der Waals surface area contributed by atoms with Gasteiger partial charge in [-0.2, -0.15) is 4.98 Å². The van der Waals surface area contributed by atoms with E-state index < -0.39 is 6.10 Å². The summed E-state index contributed by atoms with van der Waals surface area (Å²) in [5.41, 5.74) is 0. The molecule has 4 heterocycles. The third kappa shape index (κ3) is 3.68. The highest BCUT2D eigenvalue weighted by atomic mass is 16.6. The lowest BCUT2D eigenvalue weighted by Crippen LogP contribution is -2.53. The van der Waals surface area contributed by atoms with Crippen LogP contribution in [0.3, 0.4) is 0 Å². The fraction of sp³-hybridized carbons (Fsp3) is 0.350. The van der Waals surface area contributed by atoms with Crippen LogP contribution in [-0.2, 0) is 11.3 Å². The van der Waals surface area contributed by atoms with Gasteiger partial charge in [-0.1, -0.05) is 17.3 Å². The molecule has 2 aliphatic heterocycles. The van der Waals surface area contributed by atoms with Crippen molar-refractivity contribution in [1.82, 2.24) is 19.9 Å². The first kappa shape index (κ1) is 17.7. The second-order valence-electron chi connectivity index (χ2n) is 6.95. The van der Waals surface area contributed by atoms with E-state index in [9.17, 15) is 4.79 Å². The number of nitrogens with zero attached hydrogens (tertiary/aromatic N) is 4. The van der Waals surface area contributed by atoms with Crippen molar-refractivity contribution in [2.24, 2.45) is 0 Å². The summed E-state index contributed by atoms with van der Waals surface area (Å²) in [5.74, 6) is 2.78. The van der Waals surface area contributed by atoms with Gasteiger partial charge in [0.2, 0.25) is 17.8 Å². The van der Waals surface area contributed by atoms with Gasteiger partial charge in [-0.25, -0.2) is 0 Å². The number of furan rings is 1. The number of aromatic nitrogens is 2. The van der Waals surface area contributed by atoms with Crippen molar-refractivity contribution in [3.05, 3.63) is 48.6 Å². The summed E-state index contributed by atoms with van der Waals surface area (Å²) in [4.78, 5) is 21.2. The Hall–Kier alpha value is -3.33. The zero-order valence-electron chi connectivity index (χ0n) is 15.7. The van der Waals surface area contributed by atoms with Gasteiger partial charge in [-0.05, 0) is 24.3 Å². The molecule has 3 aromatic rings. The smallest absolute Gasteiger partial charge is 0.267 e. The van der Waals surface area contributed by atoms with E-state index in [1.165, 1.54) is 0 Å². The first-order chi connectivity index (χ1) is 14.3. The third-order valence-electron chi connectivity index (χ3n) is 5.04. The minimum Gasteiger partial charge on any atom is -0.485 e. The molecule has 1 saturated heterocycles. The van der Waals surface area contributed by atoms with Gasteiger partial charge < -0.3 is 23.3 Å². The van der Waals surface area contributed by atoms with E-state index in [0.717, 1.165) is 0 Å². The van der Waals surface area contributed by atoms with Crippen LogP contribution >= 0.6 is 0 Å². The molecule has 29 heavy (non-hydrogen) atoms. The van der Waals surface area contributed by atoms with Crippen molar-refractivity contribution >= 4 is 5.91 Å². The number of amides is 1. The van der Waals surface area contributed by atoms with Crippen LogP contribution in [0.2, 0.25) is 0 Å². The maximum Gasteiger partial charge on any atom is 0.267 e. The molecule has 9 heteroatoms. The number of hydrogen-bond donors (Lipinski definition) is 0. The molecule has 0 radical (unpaired) electrons. The van der Waals surface area contributed by atoms with Crippen LogP contribution in [0.5, 0.6) is 11.5 Å². The lowest BCUT2D eigenvalue weighted by atomic mass is 10.2. The van der Waals surface area contributed by atoms with E-state index in [4.69, 9.17) is 18.4 Å². The van der Waals surface area contributed by atoms with Gasteiger partial charge in [0.15, 0.2) is 17.3 Å². The summed E-state index contributed by atoms with van der Waals surface area (Å²) in [5, 5.41) is 3.95. The molecule has 1 amide bonds. The number of rotatable bonds is 4. The summed E-state index contributed by atoms with van der Waals surface area (Å²) in [6.07, 6.45) is 0.963.